The number of ether oxygens (including phenoxy) is 1. The van der Waals surface area contributed by atoms with Crippen LogP contribution in [0.4, 0.5) is 0 Å². The van der Waals surface area contributed by atoms with Gasteiger partial charge < -0.3 is 9.84 Å². The lowest BCUT2D eigenvalue weighted by atomic mass is 10.1. The van der Waals surface area contributed by atoms with Gasteiger partial charge in [0.15, 0.2) is 0 Å². The number of benzene rings is 1. The summed E-state index contributed by atoms with van der Waals surface area (Å²) in [6.07, 6.45) is 6.73. The Labute approximate surface area is 85.6 Å². The van der Waals surface area contributed by atoms with Crippen molar-refractivity contribution in [2.75, 3.05) is 0 Å². The molecular formula is C12H8O3. The highest BCUT2D eigenvalue weighted by molar-refractivity contribution is 5.82. The minimum Gasteiger partial charge on any atom is -0.478 e. The van der Waals surface area contributed by atoms with E-state index in [1.165, 1.54) is 0 Å². The third-order valence-electron chi connectivity index (χ3n) is 2.63. The lowest BCUT2D eigenvalue weighted by Gasteiger charge is -2.04. The Morgan fingerprint density at radius 3 is 3.00 bits per heavy atom. The van der Waals surface area contributed by atoms with Crippen molar-refractivity contribution in [2.45, 2.75) is 6.10 Å². The van der Waals surface area contributed by atoms with Crippen molar-refractivity contribution in [2.24, 2.45) is 0 Å². The van der Waals surface area contributed by atoms with Crippen molar-refractivity contribution in [1.29, 1.82) is 0 Å². The molecular weight excluding hydrogens is 192 g/mol. The van der Waals surface area contributed by atoms with Gasteiger partial charge in [-0.1, -0.05) is 24.3 Å². The number of hydrogen-bond donors (Lipinski definition) is 1. The van der Waals surface area contributed by atoms with Crippen LogP contribution in [0.5, 0.6) is 5.75 Å². The van der Waals surface area contributed by atoms with E-state index < -0.39 is 12.1 Å². The molecule has 2 aliphatic rings. The third-order valence-corrected chi connectivity index (χ3v) is 2.63. The molecule has 1 aromatic rings. The summed E-state index contributed by atoms with van der Waals surface area (Å²) in [5.74, 6) is -0.299. The normalized spacial score (nSPS) is 19.9. The quantitative estimate of drug-likeness (QED) is 0.700. The number of fused-ring (bicyclic) bond motifs is 3. The summed E-state index contributed by atoms with van der Waals surface area (Å²) in [5, 5.41) is 10.8. The summed E-state index contributed by atoms with van der Waals surface area (Å²) >= 11 is 0. The monoisotopic (exact) mass is 200 g/mol. The van der Waals surface area contributed by atoms with Gasteiger partial charge in [0.2, 0.25) is 6.10 Å². The van der Waals surface area contributed by atoms with Crippen LogP contribution >= 0.6 is 0 Å². The van der Waals surface area contributed by atoms with Crippen LogP contribution in [0, 0.1) is 0 Å². The van der Waals surface area contributed by atoms with Gasteiger partial charge in [-0.2, -0.15) is 0 Å². The lowest BCUT2D eigenvalue weighted by Crippen LogP contribution is -2.24. The van der Waals surface area contributed by atoms with E-state index in [1.54, 1.807) is 6.08 Å². The van der Waals surface area contributed by atoms with Gasteiger partial charge in [0, 0.05) is 5.22 Å². The van der Waals surface area contributed by atoms with Crippen LogP contribution < -0.4 is 15.2 Å². The van der Waals surface area contributed by atoms with Crippen molar-refractivity contribution in [1.82, 2.24) is 0 Å². The Kier molecular flexibility index (Phi) is 1.51. The predicted octanol–water partition coefficient (Wildman–Crippen LogP) is 0.120. The molecule has 1 aromatic carbocycles. The fourth-order valence-corrected chi connectivity index (χ4v) is 1.93. The van der Waals surface area contributed by atoms with Crippen molar-refractivity contribution in [3.63, 3.8) is 0 Å². The molecule has 3 nitrogen and oxygen atoms in total. The molecule has 0 fully saturated rings. The summed E-state index contributed by atoms with van der Waals surface area (Å²) in [5.41, 5.74) is 1.11. The van der Waals surface area contributed by atoms with Crippen molar-refractivity contribution in [3.8, 4) is 5.75 Å². The van der Waals surface area contributed by atoms with Crippen LogP contribution in [0.3, 0.4) is 0 Å². The molecule has 1 N–H and O–H groups in total. The highest BCUT2D eigenvalue weighted by Gasteiger charge is 2.23. The summed E-state index contributed by atoms with van der Waals surface area (Å²) < 4.78 is 5.29. The van der Waals surface area contributed by atoms with Crippen LogP contribution in [-0.4, -0.2) is 17.2 Å². The van der Waals surface area contributed by atoms with Crippen molar-refractivity contribution in [3.05, 3.63) is 34.2 Å². The minimum absolute atomic E-state index is 0.654. The van der Waals surface area contributed by atoms with Gasteiger partial charge in [-0.15, -0.1) is 0 Å². The molecule has 0 spiro atoms. The largest absolute Gasteiger partial charge is 0.478 e. The smallest absolute Gasteiger partial charge is 0.349 e. The maximum Gasteiger partial charge on any atom is 0.349 e. The molecule has 15 heavy (non-hydrogen) atoms. The zero-order chi connectivity index (χ0) is 10.4. The molecule has 1 atom stereocenters. The lowest BCUT2D eigenvalue weighted by molar-refractivity contribution is -0.141. The number of hydrogen-bond acceptors (Lipinski definition) is 2. The van der Waals surface area contributed by atoms with Gasteiger partial charge in [-0.3, -0.25) is 0 Å². The first-order valence-corrected chi connectivity index (χ1v) is 4.68. The van der Waals surface area contributed by atoms with Gasteiger partial charge in [0.25, 0.3) is 0 Å². The van der Waals surface area contributed by atoms with E-state index in [-0.39, 0.29) is 0 Å². The Bertz CT molecular complexity index is 596. The van der Waals surface area contributed by atoms with Gasteiger partial charge in [0.05, 0.1) is 0 Å². The van der Waals surface area contributed by atoms with E-state index in [9.17, 15) is 4.79 Å². The second-order valence-corrected chi connectivity index (χ2v) is 3.55. The number of carbonyl (C=O) groups is 1. The molecule has 0 saturated heterocycles. The fraction of sp³-hybridized carbons (Fsp3) is 0.0833. The van der Waals surface area contributed by atoms with E-state index in [1.807, 2.05) is 30.4 Å². The molecule has 0 radical (unpaired) electrons. The number of rotatable bonds is 1. The predicted molar refractivity (Wildman–Crippen MR) is 55.7 cm³/mol. The second-order valence-electron chi connectivity index (χ2n) is 3.55. The third kappa shape index (κ3) is 1.09. The standard InChI is InChI=1S/C12H8O3/c13-12(14)11-6-9-8-3-1-2-7(8)4-5-10(9)15-11/h1-6,11H,(H,13,14). The SMILES string of the molecule is O=C(O)C1C=c2c(ccc3c2=CC=C3)O1. The number of allylic oxidation sites excluding steroid dienone is 1. The number of carboxylic acid groups (broad SMARTS) is 1. The fourth-order valence-electron chi connectivity index (χ4n) is 1.93. The second kappa shape index (κ2) is 2.73. The Hall–Kier alpha value is -2.03. The number of carboxylic acids is 1. The zero-order valence-electron chi connectivity index (χ0n) is 7.81. The topological polar surface area (TPSA) is 46.5 Å². The van der Waals surface area contributed by atoms with E-state index in [0.717, 1.165) is 16.0 Å². The zero-order valence-corrected chi connectivity index (χ0v) is 7.81. The first-order chi connectivity index (χ1) is 7.25. The molecule has 0 aromatic heterocycles. The van der Waals surface area contributed by atoms with Crippen molar-refractivity contribution < 1.29 is 14.6 Å². The highest BCUT2D eigenvalue weighted by Crippen LogP contribution is 2.14. The van der Waals surface area contributed by atoms with Crippen LogP contribution in [-0.2, 0) is 4.79 Å². The number of aliphatic carboxylic acids is 1. The van der Waals surface area contributed by atoms with E-state index in [0.29, 0.717) is 5.75 Å². The van der Waals surface area contributed by atoms with E-state index >= 15 is 0 Å². The molecule has 74 valence electrons. The molecule has 3 heteroatoms. The summed E-state index contributed by atoms with van der Waals surface area (Å²) in [6.45, 7) is 0. The van der Waals surface area contributed by atoms with Gasteiger partial charge >= 0.3 is 5.97 Å². The van der Waals surface area contributed by atoms with E-state index in [2.05, 4.69) is 0 Å². The Morgan fingerprint density at radius 2 is 2.20 bits per heavy atom. The van der Waals surface area contributed by atoms with Gasteiger partial charge in [-0.05, 0) is 22.9 Å². The first kappa shape index (κ1) is 8.29. The molecule has 1 aliphatic heterocycles. The van der Waals surface area contributed by atoms with Crippen LogP contribution in [0.1, 0.15) is 5.56 Å². The molecule has 1 heterocycles. The molecule has 0 bridgehead atoms. The van der Waals surface area contributed by atoms with Crippen LogP contribution in [0.25, 0.3) is 18.2 Å². The maximum atomic E-state index is 10.8. The molecule has 1 unspecified atom stereocenters. The first-order valence-electron chi connectivity index (χ1n) is 4.68. The Balaban J connectivity index is 2.27. The van der Waals surface area contributed by atoms with Crippen LogP contribution in [0.2, 0.25) is 0 Å². The van der Waals surface area contributed by atoms with Crippen molar-refractivity contribution >= 4 is 24.2 Å². The molecule has 0 amide bonds. The summed E-state index contributed by atoms with van der Waals surface area (Å²) in [7, 11) is 0. The summed E-state index contributed by atoms with van der Waals surface area (Å²) in [4.78, 5) is 10.8. The van der Waals surface area contributed by atoms with E-state index in [4.69, 9.17) is 9.84 Å². The van der Waals surface area contributed by atoms with Crippen LogP contribution in [0.15, 0.2) is 18.2 Å². The summed E-state index contributed by atoms with van der Waals surface area (Å²) in [6, 6.07) is 3.75. The van der Waals surface area contributed by atoms with Gasteiger partial charge in [-0.25, -0.2) is 4.79 Å². The molecule has 1 aliphatic carbocycles. The average molecular weight is 200 g/mol. The average Bonchev–Trinajstić information content (AvgIpc) is 2.82. The minimum atomic E-state index is -0.953. The highest BCUT2D eigenvalue weighted by atomic mass is 16.5. The Morgan fingerprint density at radius 1 is 1.33 bits per heavy atom. The maximum absolute atomic E-state index is 10.8. The molecule has 0 saturated carbocycles. The molecule has 3 rings (SSSR count). The van der Waals surface area contributed by atoms with Gasteiger partial charge in [0.1, 0.15) is 5.75 Å².